The van der Waals surface area contributed by atoms with Gasteiger partial charge in [0.25, 0.3) is 0 Å². The molecule has 1 N–H and O–H groups in total. The molecule has 0 spiro atoms. The third kappa shape index (κ3) is 3.20. The van der Waals surface area contributed by atoms with Crippen LogP contribution in [-0.2, 0) is 17.9 Å². The van der Waals surface area contributed by atoms with E-state index in [-0.39, 0.29) is 12.5 Å². The largest absolute Gasteiger partial charge is 0.350 e. The average molecular weight is 334 g/mol. The van der Waals surface area contributed by atoms with Gasteiger partial charge >= 0.3 is 0 Å². The van der Waals surface area contributed by atoms with Crippen LogP contribution in [0.5, 0.6) is 0 Å². The summed E-state index contributed by atoms with van der Waals surface area (Å²) in [5, 5.41) is 13.4. The summed E-state index contributed by atoms with van der Waals surface area (Å²) >= 11 is 0. The van der Waals surface area contributed by atoms with Crippen molar-refractivity contribution in [3.05, 3.63) is 60.8 Å². The van der Waals surface area contributed by atoms with Crippen LogP contribution >= 0.6 is 0 Å². The normalized spacial score (nSPS) is 10.9. The minimum absolute atomic E-state index is 0.0829. The van der Waals surface area contributed by atoms with Crippen molar-refractivity contribution in [2.75, 3.05) is 0 Å². The number of aromatic nitrogens is 7. The molecule has 3 aromatic heterocycles. The minimum Gasteiger partial charge on any atom is -0.350 e. The molecule has 3 heterocycles. The first-order chi connectivity index (χ1) is 12.3. The third-order valence-electron chi connectivity index (χ3n) is 3.70. The van der Waals surface area contributed by atoms with E-state index in [9.17, 15) is 4.79 Å². The van der Waals surface area contributed by atoms with Crippen LogP contribution in [0.1, 0.15) is 5.56 Å². The van der Waals surface area contributed by atoms with Crippen molar-refractivity contribution < 1.29 is 4.79 Å². The lowest BCUT2D eigenvalue weighted by atomic mass is 10.2. The molecule has 0 aliphatic heterocycles. The van der Waals surface area contributed by atoms with Crippen molar-refractivity contribution >= 4 is 16.9 Å². The third-order valence-corrected chi connectivity index (χ3v) is 3.70. The van der Waals surface area contributed by atoms with Crippen LogP contribution in [0.4, 0.5) is 0 Å². The van der Waals surface area contributed by atoms with Gasteiger partial charge in [-0.2, -0.15) is 0 Å². The molecular weight excluding hydrogens is 320 g/mol. The quantitative estimate of drug-likeness (QED) is 0.577. The Hall–Kier alpha value is -3.62. The first-order valence-electron chi connectivity index (χ1n) is 7.64. The van der Waals surface area contributed by atoms with Crippen LogP contribution in [0.25, 0.3) is 16.9 Å². The van der Waals surface area contributed by atoms with Crippen molar-refractivity contribution in [3.63, 3.8) is 0 Å². The van der Waals surface area contributed by atoms with Gasteiger partial charge in [-0.05, 0) is 34.2 Å². The highest BCUT2D eigenvalue weighted by atomic mass is 16.2. The van der Waals surface area contributed by atoms with Gasteiger partial charge in [0.1, 0.15) is 25.0 Å². The molecule has 4 rings (SSSR count). The van der Waals surface area contributed by atoms with E-state index in [1.807, 2.05) is 41.0 Å². The Labute approximate surface area is 142 Å². The summed E-state index contributed by atoms with van der Waals surface area (Å²) in [5.74, 6) is 0.606. The van der Waals surface area contributed by atoms with Crippen molar-refractivity contribution in [2.45, 2.75) is 13.1 Å². The molecule has 1 aromatic carbocycles. The molecule has 0 aliphatic rings. The van der Waals surface area contributed by atoms with Crippen LogP contribution in [0.15, 0.2) is 55.2 Å². The van der Waals surface area contributed by atoms with Crippen LogP contribution < -0.4 is 5.32 Å². The second kappa shape index (κ2) is 6.48. The minimum atomic E-state index is -0.169. The molecule has 0 radical (unpaired) electrons. The molecule has 9 heteroatoms. The summed E-state index contributed by atoms with van der Waals surface area (Å²) in [4.78, 5) is 20.6. The number of carbonyl (C=O) groups is 1. The summed E-state index contributed by atoms with van der Waals surface area (Å²) in [6.45, 7) is 0.471. The molecule has 0 atom stereocenters. The van der Waals surface area contributed by atoms with Gasteiger partial charge in [-0.15, -0.1) is 5.10 Å². The van der Waals surface area contributed by atoms with Gasteiger partial charge in [0.05, 0.1) is 11.0 Å². The number of rotatable bonds is 5. The molecule has 0 aliphatic carbocycles. The molecular formula is C16H14N8O. The van der Waals surface area contributed by atoms with Gasteiger partial charge in [-0.25, -0.2) is 14.6 Å². The maximum Gasteiger partial charge on any atom is 0.242 e. The molecule has 0 saturated carbocycles. The van der Waals surface area contributed by atoms with Gasteiger partial charge in [0.15, 0.2) is 0 Å². The molecule has 4 aromatic rings. The van der Waals surface area contributed by atoms with Crippen LogP contribution in [0, 0.1) is 0 Å². The number of nitrogens with zero attached hydrogens (tertiary/aromatic N) is 7. The van der Waals surface area contributed by atoms with Gasteiger partial charge in [-0.3, -0.25) is 9.36 Å². The van der Waals surface area contributed by atoms with E-state index in [2.05, 4.69) is 30.8 Å². The summed E-state index contributed by atoms with van der Waals surface area (Å²) < 4.78 is 3.29. The highest BCUT2D eigenvalue weighted by Gasteiger charge is 2.06. The number of carbonyl (C=O) groups excluding carboxylic acids is 1. The second-order valence-corrected chi connectivity index (χ2v) is 5.41. The number of fused-ring (bicyclic) bond motifs is 1. The van der Waals surface area contributed by atoms with E-state index >= 15 is 0 Å². The van der Waals surface area contributed by atoms with Crippen molar-refractivity contribution in [3.8, 4) is 5.82 Å². The fourth-order valence-corrected chi connectivity index (χ4v) is 2.46. The second-order valence-electron chi connectivity index (χ2n) is 5.41. The van der Waals surface area contributed by atoms with E-state index in [4.69, 9.17) is 0 Å². The van der Waals surface area contributed by atoms with E-state index < -0.39 is 0 Å². The Morgan fingerprint density at radius 2 is 2.00 bits per heavy atom. The lowest BCUT2D eigenvalue weighted by molar-refractivity contribution is -0.122. The first-order valence-corrected chi connectivity index (χ1v) is 7.64. The topological polar surface area (TPSA) is 103 Å². The standard InChI is InChI=1S/C16H14N8O/c25-16(9-23-11-20-21-22-23)18-8-12-5-6-15(17-7-12)24-10-19-13-3-1-2-4-14(13)24/h1-7,10-11H,8-9H2,(H,18,25). The highest BCUT2D eigenvalue weighted by molar-refractivity contribution is 5.77. The predicted molar refractivity (Wildman–Crippen MR) is 88.5 cm³/mol. The number of hydrogen-bond acceptors (Lipinski definition) is 6. The van der Waals surface area contributed by atoms with Gasteiger partial charge in [0.2, 0.25) is 5.91 Å². The zero-order valence-corrected chi connectivity index (χ0v) is 13.1. The molecule has 0 saturated heterocycles. The molecule has 0 fully saturated rings. The Bertz CT molecular complexity index is 991. The number of benzene rings is 1. The molecule has 0 unspecified atom stereocenters. The number of amides is 1. The van der Waals surface area contributed by atoms with Crippen LogP contribution in [0.3, 0.4) is 0 Å². The van der Waals surface area contributed by atoms with Gasteiger partial charge < -0.3 is 5.32 Å². The highest BCUT2D eigenvalue weighted by Crippen LogP contribution is 2.16. The molecule has 1 amide bonds. The fraction of sp³-hybridized carbons (Fsp3) is 0.125. The van der Waals surface area contributed by atoms with Crippen LogP contribution in [0.2, 0.25) is 0 Å². The SMILES string of the molecule is O=C(Cn1cnnn1)NCc1ccc(-n2cnc3ccccc32)nc1. The number of imidazole rings is 1. The summed E-state index contributed by atoms with van der Waals surface area (Å²) in [6, 6.07) is 11.7. The number of pyridine rings is 1. The smallest absolute Gasteiger partial charge is 0.242 e. The monoisotopic (exact) mass is 334 g/mol. The first kappa shape index (κ1) is 14.9. The number of hydrogen-bond donors (Lipinski definition) is 1. The van der Waals surface area contributed by atoms with E-state index in [0.29, 0.717) is 6.54 Å². The zero-order valence-electron chi connectivity index (χ0n) is 13.1. The zero-order chi connectivity index (χ0) is 17.1. The Morgan fingerprint density at radius 3 is 2.80 bits per heavy atom. The van der Waals surface area contributed by atoms with Crippen LogP contribution in [-0.4, -0.2) is 40.6 Å². The van der Waals surface area contributed by atoms with Crippen molar-refractivity contribution in [1.82, 2.24) is 40.1 Å². The lowest BCUT2D eigenvalue weighted by Crippen LogP contribution is -2.27. The summed E-state index contributed by atoms with van der Waals surface area (Å²) in [5.41, 5.74) is 2.82. The number of tetrazole rings is 1. The molecule has 25 heavy (non-hydrogen) atoms. The van der Waals surface area contributed by atoms with E-state index in [1.54, 1.807) is 12.5 Å². The number of nitrogens with one attached hydrogen (secondary N) is 1. The maximum atomic E-state index is 11.8. The van der Waals surface area contributed by atoms with E-state index in [0.717, 1.165) is 22.4 Å². The Kier molecular flexibility index (Phi) is 3.87. The molecule has 0 bridgehead atoms. The summed E-state index contributed by atoms with van der Waals surface area (Å²) in [7, 11) is 0. The maximum absolute atomic E-state index is 11.8. The van der Waals surface area contributed by atoms with E-state index in [1.165, 1.54) is 11.0 Å². The van der Waals surface area contributed by atoms with Crippen molar-refractivity contribution in [2.24, 2.45) is 0 Å². The van der Waals surface area contributed by atoms with Gasteiger partial charge in [-0.1, -0.05) is 18.2 Å². The fourth-order valence-electron chi connectivity index (χ4n) is 2.46. The van der Waals surface area contributed by atoms with Crippen molar-refractivity contribution in [1.29, 1.82) is 0 Å². The van der Waals surface area contributed by atoms with Gasteiger partial charge in [0, 0.05) is 12.7 Å². The molecule has 124 valence electrons. The summed E-state index contributed by atoms with van der Waals surface area (Å²) in [6.07, 6.45) is 4.88. The molecule has 9 nitrogen and oxygen atoms in total. The lowest BCUT2D eigenvalue weighted by Gasteiger charge is -2.07. The number of para-hydroxylation sites is 2. The Balaban J connectivity index is 1.42. The predicted octanol–water partition coefficient (Wildman–Crippen LogP) is 0.723. The Morgan fingerprint density at radius 1 is 1.08 bits per heavy atom. The average Bonchev–Trinajstić information content (AvgIpc) is 3.30.